The van der Waals surface area contributed by atoms with Crippen LogP contribution in [0.25, 0.3) is 0 Å². The van der Waals surface area contributed by atoms with Gasteiger partial charge in [0.25, 0.3) is 11.8 Å². The molecule has 4 N–H and O–H groups in total. The molecule has 0 aromatic heterocycles. The van der Waals surface area contributed by atoms with Crippen LogP contribution >= 0.6 is 0 Å². The van der Waals surface area contributed by atoms with Gasteiger partial charge in [-0.2, -0.15) is 10.2 Å². The highest BCUT2D eigenvalue weighted by molar-refractivity contribution is 6.16. The Bertz CT molecular complexity index is 1030. The van der Waals surface area contributed by atoms with E-state index in [1.165, 1.54) is 12.4 Å². The highest BCUT2D eigenvalue weighted by Crippen LogP contribution is 2.30. The molecule has 0 aliphatic carbocycles. The third-order valence-corrected chi connectivity index (χ3v) is 5.95. The van der Waals surface area contributed by atoms with Crippen molar-refractivity contribution in [3.05, 3.63) is 71.8 Å². The second-order valence-corrected chi connectivity index (χ2v) is 7.99. The van der Waals surface area contributed by atoms with Gasteiger partial charge in [-0.15, -0.1) is 0 Å². The van der Waals surface area contributed by atoms with Gasteiger partial charge in [0.15, 0.2) is 0 Å². The molecule has 4 amide bonds. The summed E-state index contributed by atoms with van der Waals surface area (Å²) in [6.07, 6.45) is 2.35. The number of hydrogen-bond acceptors (Lipinski definition) is 6. The number of benzene rings is 2. The van der Waals surface area contributed by atoms with Gasteiger partial charge >= 0.3 is 0 Å². The molecule has 2 aliphatic heterocycles. The van der Waals surface area contributed by atoms with Crippen LogP contribution in [0.2, 0.25) is 0 Å². The molecular formula is C24H24N6O4. The molecule has 2 saturated heterocycles. The van der Waals surface area contributed by atoms with Crippen LogP contribution in [0.15, 0.2) is 70.9 Å². The molecule has 4 rings (SSSR count). The summed E-state index contributed by atoms with van der Waals surface area (Å²) < 4.78 is 0. The van der Waals surface area contributed by atoms with E-state index < -0.39 is 23.7 Å². The van der Waals surface area contributed by atoms with Gasteiger partial charge in [0.05, 0.1) is 12.4 Å². The van der Waals surface area contributed by atoms with E-state index in [9.17, 15) is 19.2 Å². The van der Waals surface area contributed by atoms with Crippen LogP contribution < -0.4 is 21.5 Å². The standard InChI is InChI=1S/C24H24N6O4/c31-21-19(17(13-25-21)15-7-3-1-4-8-15)23(33)29-27-11-12-28-30-24(34)20-18(14-26-22(20)32)16-9-5-2-6-10-16/h1-12,17-20H,13-14H2,(H,25,31)(H,26,32)(H,29,33)(H,30,34)/b27-11-,28-12-/t17-,18+,19+,20-. The molecular weight excluding hydrogens is 436 g/mol. The second-order valence-electron chi connectivity index (χ2n) is 7.99. The maximum absolute atomic E-state index is 12.5. The molecule has 0 spiro atoms. The van der Waals surface area contributed by atoms with Crippen molar-refractivity contribution in [2.24, 2.45) is 22.0 Å². The molecule has 2 aromatic rings. The van der Waals surface area contributed by atoms with Gasteiger partial charge in [-0.05, 0) is 11.1 Å². The van der Waals surface area contributed by atoms with E-state index >= 15 is 0 Å². The van der Waals surface area contributed by atoms with E-state index in [2.05, 4.69) is 31.7 Å². The first-order chi connectivity index (χ1) is 16.6. The minimum absolute atomic E-state index is 0.285. The van der Waals surface area contributed by atoms with Crippen LogP contribution in [-0.2, 0) is 19.2 Å². The first-order valence-electron chi connectivity index (χ1n) is 10.9. The largest absolute Gasteiger partial charge is 0.355 e. The highest BCUT2D eigenvalue weighted by Gasteiger charge is 2.41. The smallest absolute Gasteiger partial charge is 0.253 e. The minimum Gasteiger partial charge on any atom is -0.355 e. The Morgan fingerprint density at radius 2 is 1.09 bits per heavy atom. The zero-order chi connectivity index (χ0) is 23.9. The highest BCUT2D eigenvalue weighted by atomic mass is 16.2. The Hall–Kier alpha value is -4.34. The number of carbonyl (C=O) groups is 4. The predicted octanol–water partition coefficient (Wildman–Crippen LogP) is 0.250. The molecule has 2 heterocycles. The molecule has 10 heteroatoms. The number of rotatable bonds is 7. The Balaban J connectivity index is 1.29. The zero-order valence-electron chi connectivity index (χ0n) is 18.2. The third kappa shape index (κ3) is 5.01. The molecule has 0 unspecified atom stereocenters. The van der Waals surface area contributed by atoms with Crippen LogP contribution in [0.4, 0.5) is 0 Å². The summed E-state index contributed by atoms with van der Waals surface area (Å²) in [6.45, 7) is 0.744. The Labute approximate surface area is 195 Å². The zero-order valence-corrected chi connectivity index (χ0v) is 18.2. The third-order valence-electron chi connectivity index (χ3n) is 5.95. The first-order valence-corrected chi connectivity index (χ1v) is 10.9. The maximum atomic E-state index is 12.5. The van der Waals surface area contributed by atoms with E-state index in [-0.39, 0.29) is 23.7 Å². The number of amides is 4. The fourth-order valence-corrected chi connectivity index (χ4v) is 4.27. The quantitative estimate of drug-likeness (QED) is 0.267. The van der Waals surface area contributed by atoms with Gasteiger partial charge in [0.2, 0.25) is 11.8 Å². The van der Waals surface area contributed by atoms with Crippen molar-refractivity contribution in [1.82, 2.24) is 21.5 Å². The molecule has 2 aromatic carbocycles. The van der Waals surface area contributed by atoms with Gasteiger partial charge in [-0.3, -0.25) is 19.2 Å². The van der Waals surface area contributed by atoms with Crippen LogP contribution in [0.1, 0.15) is 23.0 Å². The van der Waals surface area contributed by atoms with Crippen LogP contribution in [0, 0.1) is 11.8 Å². The van der Waals surface area contributed by atoms with Gasteiger partial charge in [-0.25, -0.2) is 10.9 Å². The molecule has 34 heavy (non-hydrogen) atoms. The van der Waals surface area contributed by atoms with Crippen molar-refractivity contribution >= 4 is 36.1 Å². The number of nitrogens with one attached hydrogen (secondary N) is 4. The van der Waals surface area contributed by atoms with Crippen molar-refractivity contribution < 1.29 is 19.2 Å². The van der Waals surface area contributed by atoms with Gasteiger partial charge in [-0.1, -0.05) is 60.7 Å². The summed E-state index contributed by atoms with van der Waals surface area (Å²) in [7, 11) is 0. The molecule has 0 radical (unpaired) electrons. The molecule has 0 bridgehead atoms. The summed E-state index contributed by atoms with van der Waals surface area (Å²) in [5.41, 5.74) is 6.45. The Morgan fingerprint density at radius 3 is 1.47 bits per heavy atom. The summed E-state index contributed by atoms with van der Waals surface area (Å²) in [4.78, 5) is 49.4. The summed E-state index contributed by atoms with van der Waals surface area (Å²) in [6, 6.07) is 18.6. The number of hydrogen-bond donors (Lipinski definition) is 4. The van der Waals surface area contributed by atoms with Crippen LogP contribution in [-0.4, -0.2) is 49.1 Å². The monoisotopic (exact) mass is 460 g/mol. The molecule has 174 valence electrons. The molecule has 0 saturated carbocycles. The van der Waals surface area contributed by atoms with Gasteiger partial charge in [0, 0.05) is 24.9 Å². The normalized spacial score (nSPS) is 24.2. The average molecular weight is 460 g/mol. The topological polar surface area (TPSA) is 141 Å². The summed E-state index contributed by atoms with van der Waals surface area (Å²) in [5.74, 6) is -4.15. The molecule has 2 fully saturated rings. The molecule has 4 atom stereocenters. The lowest BCUT2D eigenvalue weighted by molar-refractivity contribution is -0.135. The SMILES string of the molecule is O=C1NC[C@H](c2ccccc2)[C@@H]1C(=O)N/N=C\C=N/NC(=O)[C@H]1C(=O)NC[C@H]1c1ccccc1. The first kappa shape index (κ1) is 22.8. The average Bonchev–Trinajstić information content (AvgIpc) is 3.44. The maximum Gasteiger partial charge on any atom is 0.253 e. The van der Waals surface area contributed by atoms with Crippen molar-refractivity contribution in [2.75, 3.05) is 13.1 Å². The van der Waals surface area contributed by atoms with E-state index in [0.29, 0.717) is 13.1 Å². The van der Waals surface area contributed by atoms with Crippen molar-refractivity contribution in [1.29, 1.82) is 0 Å². The van der Waals surface area contributed by atoms with Crippen molar-refractivity contribution in [3.8, 4) is 0 Å². The number of carbonyl (C=O) groups excluding carboxylic acids is 4. The Kier molecular flexibility index (Phi) is 7.07. The van der Waals surface area contributed by atoms with E-state index in [0.717, 1.165) is 11.1 Å². The Morgan fingerprint density at radius 1 is 0.706 bits per heavy atom. The van der Waals surface area contributed by atoms with Gasteiger partial charge < -0.3 is 10.6 Å². The van der Waals surface area contributed by atoms with Crippen LogP contribution in [0.3, 0.4) is 0 Å². The summed E-state index contributed by atoms with van der Waals surface area (Å²) >= 11 is 0. The fourth-order valence-electron chi connectivity index (χ4n) is 4.27. The molecule has 2 aliphatic rings. The van der Waals surface area contributed by atoms with E-state index in [4.69, 9.17) is 0 Å². The predicted molar refractivity (Wildman–Crippen MR) is 125 cm³/mol. The lowest BCUT2D eigenvalue weighted by Crippen LogP contribution is -2.35. The fraction of sp³-hybridized carbons (Fsp3) is 0.250. The van der Waals surface area contributed by atoms with E-state index in [1.807, 2.05) is 60.7 Å². The lowest BCUT2D eigenvalue weighted by Gasteiger charge is -2.15. The molecule has 10 nitrogen and oxygen atoms in total. The van der Waals surface area contributed by atoms with Crippen molar-refractivity contribution in [3.63, 3.8) is 0 Å². The second kappa shape index (κ2) is 10.5. The van der Waals surface area contributed by atoms with Gasteiger partial charge in [0.1, 0.15) is 11.8 Å². The lowest BCUT2D eigenvalue weighted by atomic mass is 9.88. The summed E-state index contributed by atoms with van der Waals surface area (Å²) in [5, 5.41) is 13.0. The number of hydrazone groups is 2. The van der Waals surface area contributed by atoms with E-state index in [1.54, 1.807) is 0 Å². The van der Waals surface area contributed by atoms with Crippen molar-refractivity contribution in [2.45, 2.75) is 11.8 Å². The van der Waals surface area contributed by atoms with Crippen LogP contribution in [0.5, 0.6) is 0 Å². The minimum atomic E-state index is -0.896. The number of nitrogens with zero attached hydrogens (tertiary/aromatic N) is 2.